The molecule has 2 unspecified atom stereocenters. The summed E-state index contributed by atoms with van der Waals surface area (Å²) in [6, 6.07) is 7.52. The first kappa shape index (κ1) is 20.4. The second kappa shape index (κ2) is 9.01. The molecule has 0 aromatic heterocycles. The van der Waals surface area contributed by atoms with E-state index in [-0.39, 0.29) is 24.2 Å². The molecule has 2 atom stereocenters. The summed E-state index contributed by atoms with van der Waals surface area (Å²) in [6.07, 6.45) is 1.67. The van der Waals surface area contributed by atoms with Crippen LogP contribution in [0.3, 0.4) is 0 Å². The van der Waals surface area contributed by atoms with Gasteiger partial charge in [0, 0.05) is 16.6 Å². The lowest BCUT2D eigenvalue weighted by Gasteiger charge is -2.28. The maximum atomic E-state index is 12.1. The number of piperidine rings is 1. The quantitative estimate of drug-likeness (QED) is 0.757. The van der Waals surface area contributed by atoms with Crippen molar-refractivity contribution in [2.45, 2.75) is 37.6 Å². The maximum Gasteiger partial charge on any atom is 0.235 e. The monoisotopic (exact) mass is 424 g/mol. The minimum Gasteiger partial charge on any atom is -0.352 e. The number of carbonyl (C=O) groups excluding carboxylic acids is 1. The van der Waals surface area contributed by atoms with Crippen LogP contribution in [0.4, 0.5) is 0 Å². The Hall–Kier alpha value is -0.630. The van der Waals surface area contributed by atoms with Crippen LogP contribution in [0, 0.1) is 0 Å². The van der Waals surface area contributed by atoms with Gasteiger partial charge in [-0.2, -0.15) is 0 Å². The van der Waals surface area contributed by atoms with Crippen LogP contribution in [0.25, 0.3) is 0 Å². The average molecular weight is 426 g/mol. The van der Waals surface area contributed by atoms with E-state index in [0.29, 0.717) is 11.6 Å². The third-order valence-corrected chi connectivity index (χ3v) is 5.58. The lowest BCUT2D eigenvalue weighted by Crippen LogP contribution is -2.47. The smallest absolute Gasteiger partial charge is 0.235 e. The van der Waals surface area contributed by atoms with E-state index in [2.05, 4.69) is 33.5 Å². The van der Waals surface area contributed by atoms with Gasteiger partial charge in [0.25, 0.3) is 0 Å². The lowest BCUT2D eigenvalue weighted by atomic mass is 10.0. The standard InChI is InChI=1S/C15H21BrN2O3S.ClH/c1-11-7-14(5-6-17-11)18-15(19)10-22(20,21)9-12-3-2-4-13(16)8-12;/h2-4,8,11,14,17H,5-7,9-10H2,1H3,(H,18,19);1H. The second-order valence-corrected chi connectivity index (χ2v) is 8.79. The zero-order valence-corrected chi connectivity index (χ0v) is 16.1. The van der Waals surface area contributed by atoms with Crippen molar-refractivity contribution < 1.29 is 13.2 Å². The van der Waals surface area contributed by atoms with Gasteiger partial charge in [0.05, 0.1) is 5.75 Å². The Labute approximate surface area is 152 Å². The van der Waals surface area contributed by atoms with Crippen molar-refractivity contribution in [3.05, 3.63) is 34.3 Å². The van der Waals surface area contributed by atoms with Gasteiger partial charge < -0.3 is 10.6 Å². The first-order valence-electron chi connectivity index (χ1n) is 7.32. The average Bonchev–Trinajstić information content (AvgIpc) is 2.36. The molecule has 1 aromatic rings. The zero-order chi connectivity index (χ0) is 16.2. The first-order chi connectivity index (χ1) is 10.3. The normalized spacial score (nSPS) is 21.3. The molecule has 2 rings (SSSR count). The highest BCUT2D eigenvalue weighted by atomic mass is 79.9. The largest absolute Gasteiger partial charge is 0.352 e. The number of hydrogen-bond acceptors (Lipinski definition) is 4. The molecule has 2 N–H and O–H groups in total. The number of carbonyl (C=O) groups is 1. The fourth-order valence-corrected chi connectivity index (χ4v) is 4.38. The number of halogens is 2. The van der Waals surface area contributed by atoms with Crippen LogP contribution in [0.1, 0.15) is 25.3 Å². The highest BCUT2D eigenvalue weighted by Gasteiger charge is 2.23. The zero-order valence-electron chi connectivity index (χ0n) is 12.9. The minimum atomic E-state index is -3.46. The van der Waals surface area contributed by atoms with E-state index in [4.69, 9.17) is 0 Å². The summed E-state index contributed by atoms with van der Waals surface area (Å²) in [5, 5.41) is 6.13. The van der Waals surface area contributed by atoms with Gasteiger partial charge in [-0.3, -0.25) is 4.79 Å². The fourth-order valence-electron chi connectivity index (χ4n) is 2.66. The summed E-state index contributed by atoms with van der Waals surface area (Å²) < 4.78 is 25.1. The Kier molecular flexibility index (Phi) is 8.00. The van der Waals surface area contributed by atoms with E-state index in [0.717, 1.165) is 23.9 Å². The maximum absolute atomic E-state index is 12.1. The molecule has 1 fully saturated rings. The van der Waals surface area contributed by atoms with Gasteiger partial charge in [0.2, 0.25) is 5.91 Å². The summed E-state index contributed by atoms with van der Waals surface area (Å²) in [5.41, 5.74) is 0.678. The second-order valence-electron chi connectivity index (χ2n) is 5.81. The molecule has 8 heteroatoms. The van der Waals surface area contributed by atoms with Crippen molar-refractivity contribution in [3.8, 4) is 0 Å². The highest BCUT2D eigenvalue weighted by molar-refractivity contribution is 9.10. The first-order valence-corrected chi connectivity index (χ1v) is 9.93. The topological polar surface area (TPSA) is 75.3 Å². The molecule has 1 heterocycles. The van der Waals surface area contributed by atoms with Gasteiger partial charge in [-0.1, -0.05) is 28.1 Å². The number of benzene rings is 1. The third kappa shape index (κ3) is 7.20. The predicted molar refractivity (Wildman–Crippen MR) is 97.5 cm³/mol. The van der Waals surface area contributed by atoms with Crippen LogP contribution in [0.2, 0.25) is 0 Å². The fraction of sp³-hybridized carbons (Fsp3) is 0.533. The van der Waals surface area contributed by atoms with Crippen LogP contribution in [0.5, 0.6) is 0 Å². The molecular weight excluding hydrogens is 404 g/mol. The van der Waals surface area contributed by atoms with Crippen molar-refractivity contribution in [1.29, 1.82) is 0 Å². The van der Waals surface area contributed by atoms with E-state index in [1.54, 1.807) is 18.2 Å². The van der Waals surface area contributed by atoms with Crippen LogP contribution in [-0.4, -0.2) is 38.7 Å². The number of nitrogens with one attached hydrogen (secondary N) is 2. The molecule has 0 aliphatic carbocycles. The Balaban J connectivity index is 0.00000264. The number of amides is 1. The molecule has 1 amide bonds. The van der Waals surface area contributed by atoms with Crippen LogP contribution < -0.4 is 10.6 Å². The number of hydrogen-bond donors (Lipinski definition) is 2. The molecular formula is C15H22BrClN2O3S. The molecule has 0 bridgehead atoms. The van der Waals surface area contributed by atoms with Crippen LogP contribution in [-0.2, 0) is 20.4 Å². The van der Waals surface area contributed by atoms with Crippen molar-refractivity contribution in [2.24, 2.45) is 0 Å². The molecule has 1 aliphatic rings. The molecule has 0 saturated carbocycles. The van der Waals surface area contributed by atoms with Gasteiger partial charge in [-0.05, 0) is 44.0 Å². The third-order valence-electron chi connectivity index (χ3n) is 3.62. The Morgan fingerprint density at radius 1 is 1.43 bits per heavy atom. The van der Waals surface area contributed by atoms with E-state index >= 15 is 0 Å². The summed E-state index contributed by atoms with van der Waals surface area (Å²) in [5.74, 6) is -0.991. The molecule has 1 saturated heterocycles. The molecule has 0 radical (unpaired) electrons. The Bertz CT molecular complexity index is 639. The number of rotatable bonds is 5. The molecule has 23 heavy (non-hydrogen) atoms. The van der Waals surface area contributed by atoms with Crippen molar-refractivity contribution >= 4 is 44.1 Å². The van der Waals surface area contributed by atoms with E-state index in [1.807, 2.05) is 6.07 Å². The van der Waals surface area contributed by atoms with Gasteiger partial charge in [-0.25, -0.2) is 8.42 Å². The predicted octanol–water partition coefficient (Wildman–Crippen LogP) is 2.04. The van der Waals surface area contributed by atoms with Crippen LogP contribution in [0.15, 0.2) is 28.7 Å². The van der Waals surface area contributed by atoms with Gasteiger partial charge in [0.1, 0.15) is 5.75 Å². The summed E-state index contributed by atoms with van der Waals surface area (Å²) in [6.45, 7) is 2.90. The molecule has 5 nitrogen and oxygen atoms in total. The SMILES string of the molecule is CC1CC(NC(=O)CS(=O)(=O)Cc2cccc(Br)c2)CCN1.Cl. The molecule has 1 aromatic carbocycles. The minimum absolute atomic E-state index is 0. The molecule has 0 spiro atoms. The van der Waals surface area contributed by atoms with E-state index < -0.39 is 21.5 Å². The van der Waals surface area contributed by atoms with Crippen molar-refractivity contribution in [3.63, 3.8) is 0 Å². The summed E-state index contributed by atoms with van der Waals surface area (Å²) in [4.78, 5) is 12.0. The van der Waals surface area contributed by atoms with Gasteiger partial charge in [0.15, 0.2) is 9.84 Å². The van der Waals surface area contributed by atoms with E-state index in [1.165, 1.54) is 0 Å². The van der Waals surface area contributed by atoms with E-state index in [9.17, 15) is 13.2 Å². The van der Waals surface area contributed by atoms with Crippen LogP contribution >= 0.6 is 28.3 Å². The molecule has 130 valence electrons. The van der Waals surface area contributed by atoms with Crippen molar-refractivity contribution in [1.82, 2.24) is 10.6 Å². The summed E-state index contributed by atoms with van der Waals surface area (Å²) >= 11 is 3.31. The van der Waals surface area contributed by atoms with Crippen molar-refractivity contribution in [2.75, 3.05) is 12.3 Å². The number of sulfone groups is 1. The molecule has 1 aliphatic heterocycles. The summed E-state index contributed by atoms with van der Waals surface area (Å²) in [7, 11) is -3.46. The lowest BCUT2D eigenvalue weighted by molar-refractivity contribution is -0.119. The van der Waals surface area contributed by atoms with Gasteiger partial charge >= 0.3 is 0 Å². The Morgan fingerprint density at radius 3 is 2.83 bits per heavy atom. The van der Waals surface area contributed by atoms with Gasteiger partial charge in [-0.15, -0.1) is 12.4 Å². The Morgan fingerprint density at radius 2 is 2.17 bits per heavy atom. The highest BCUT2D eigenvalue weighted by Crippen LogP contribution is 2.14.